The lowest BCUT2D eigenvalue weighted by Gasteiger charge is -2.36. The maximum Gasteiger partial charge on any atom is 0.257 e. The minimum atomic E-state index is -0.226. The molecular formula is C18H21FN4O. The highest BCUT2D eigenvalue weighted by atomic mass is 19.1. The molecule has 0 atom stereocenters. The van der Waals surface area contributed by atoms with Crippen LogP contribution in [0.1, 0.15) is 35.8 Å². The zero-order chi connectivity index (χ0) is 17.1. The summed E-state index contributed by atoms with van der Waals surface area (Å²) >= 11 is 0. The van der Waals surface area contributed by atoms with Crippen molar-refractivity contribution in [2.75, 3.05) is 31.1 Å². The monoisotopic (exact) mass is 328 g/mol. The van der Waals surface area contributed by atoms with Gasteiger partial charge >= 0.3 is 0 Å². The number of halogens is 1. The minimum Gasteiger partial charge on any atom is -0.366 e. The molecule has 2 aromatic rings. The summed E-state index contributed by atoms with van der Waals surface area (Å²) in [7, 11) is 0. The number of para-hydroxylation sites is 1. The van der Waals surface area contributed by atoms with Crippen molar-refractivity contribution in [1.82, 2.24) is 14.9 Å². The first-order valence-electron chi connectivity index (χ1n) is 8.16. The van der Waals surface area contributed by atoms with Gasteiger partial charge in [-0.25, -0.2) is 14.4 Å². The number of piperazine rings is 1. The summed E-state index contributed by atoms with van der Waals surface area (Å²) in [5.74, 6) is -0.116. The van der Waals surface area contributed by atoms with E-state index < -0.39 is 0 Å². The van der Waals surface area contributed by atoms with Crippen molar-refractivity contribution < 1.29 is 9.18 Å². The molecule has 1 saturated heterocycles. The molecule has 0 aliphatic carbocycles. The number of hydrogen-bond donors (Lipinski definition) is 0. The van der Waals surface area contributed by atoms with Crippen molar-refractivity contribution in [2.45, 2.75) is 19.8 Å². The summed E-state index contributed by atoms with van der Waals surface area (Å²) in [4.78, 5) is 24.8. The molecule has 1 aromatic heterocycles. The van der Waals surface area contributed by atoms with E-state index in [4.69, 9.17) is 0 Å². The fraction of sp³-hybridized carbons (Fsp3) is 0.389. The maximum absolute atomic E-state index is 13.9. The van der Waals surface area contributed by atoms with Crippen LogP contribution in [0.4, 0.5) is 10.1 Å². The smallest absolute Gasteiger partial charge is 0.257 e. The molecule has 5 nitrogen and oxygen atoms in total. The molecule has 6 heteroatoms. The number of benzene rings is 1. The van der Waals surface area contributed by atoms with E-state index in [0.29, 0.717) is 37.4 Å². The molecule has 1 aliphatic rings. The summed E-state index contributed by atoms with van der Waals surface area (Å²) in [5, 5.41) is 0. The van der Waals surface area contributed by atoms with Gasteiger partial charge in [0.05, 0.1) is 16.9 Å². The zero-order valence-electron chi connectivity index (χ0n) is 13.9. The number of aromatic nitrogens is 2. The average Bonchev–Trinajstić information content (AvgIpc) is 2.62. The van der Waals surface area contributed by atoms with Crippen LogP contribution in [0.3, 0.4) is 0 Å². The Hall–Kier alpha value is -2.50. The van der Waals surface area contributed by atoms with E-state index in [0.717, 1.165) is 5.69 Å². The van der Waals surface area contributed by atoms with Crippen LogP contribution in [0.25, 0.3) is 0 Å². The Morgan fingerprint density at radius 3 is 2.54 bits per heavy atom. The molecule has 1 amide bonds. The third-order valence-corrected chi connectivity index (χ3v) is 4.28. The molecule has 0 unspecified atom stereocenters. The van der Waals surface area contributed by atoms with Gasteiger partial charge < -0.3 is 9.80 Å². The van der Waals surface area contributed by atoms with Crippen LogP contribution in [-0.2, 0) is 0 Å². The van der Waals surface area contributed by atoms with Gasteiger partial charge in [0.2, 0.25) is 0 Å². The Kier molecular flexibility index (Phi) is 4.74. The molecule has 0 radical (unpaired) electrons. The number of amides is 1. The fourth-order valence-electron chi connectivity index (χ4n) is 2.99. The molecule has 3 rings (SSSR count). The van der Waals surface area contributed by atoms with Crippen LogP contribution in [0.2, 0.25) is 0 Å². The van der Waals surface area contributed by atoms with E-state index in [1.807, 2.05) is 24.8 Å². The van der Waals surface area contributed by atoms with E-state index in [2.05, 4.69) is 9.97 Å². The van der Waals surface area contributed by atoms with Crippen LogP contribution in [0.15, 0.2) is 36.8 Å². The predicted octanol–water partition coefficient (Wildman–Crippen LogP) is 2.70. The predicted molar refractivity (Wildman–Crippen MR) is 90.6 cm³/mol. The van der Waals surface area contributed by atoms with Gasteiger partial charge in [0.25, 0.3) is 5.91 Å². The molecule has 126 valence electrons. The Balaban J connectivity index is 1.71. The summed E-state index contributed by atoms with van der Waals surface area (Å²) in [6.07, 6.45) is 3.07. The normalized spacial score (nSPS) is 15.0. The second kappa shape index (κ2) is 6.95. The van der Waals surface area contributed by atoms with Crippen molar-refractivity contribution in [3.05, 3.63) is 53.9 Å². The van der Waals surface area contributed by atoms with Gasteiger partial charge in [0, 0.05) is 32.4 Å². The van der Waals surface area contributed by atoms with Gasteiger partial charge in [0.15, 0.2) is 0 Å². The molecular weight excluding hydrogens is 307 g/mol. The quantitative estimate of drug-likeness (QED) is 0.869. The highest BCUT2D eigenvalue weighted by molar-refractivity contribution is 5.95. The molecule has 0 spiro atoms. The number of hydrogen-bond acceptors (Lipinski definition) is 4. The van der Waals surface area contributed by atoms with Crippen molar-refractivity contribution in [3.63, 3.8) is 0 Å². The fourth-order valence-corrected chi connectivity index (χ4v) is 2.99. The van der Waals surface area contributed by atoms with Crippen LogP contribution < -0.4 is 4.90 Å². The molecule has 0 saturated carbocycles. The standard InChI is InChI=1S/C18H21FN4O/c1-13(2)17-14(11-20-12-21-17)18(24)23-9-7-22(8-10-23)16-6-4-3-5-15(16)19/h3-6,11-13H,7-10H2,1-2H3. The summed E-state index contributed by atoms with van der Waals surface area (Å²) in [5.41, 5.74) is 1.92. The Bertz CT molecular complexity index is 726. The van der Waals surface area contributed by atoms with Gasteiger partial charge in [-0.05, 0) is 18.1 Å². The van der Waals surface area contributed by atoms with Crippen LogP contribution in [0, 0.1) is 5.82 Å². The van der Waals surface area contributed by atoms with Gasteiger partial charge in [-0.2, -0.15) is 0 Å². The summed E-state index contributed by atoms with van der Waals surface area (Å²) in [6.45, 7) is 6.35. The van der Waals surface area contributed by atoms with Crippen molar-refractivity contribution in [3.8, 4) is 0 Å². The van der Waals surface area contributed by atoms with Gasteiger partial charge in [-0.3, -0.25) is 4.79 Å². The largest absolute Gasteiger partial charge is 0.366 e. The van der Waals surface area contributed by atoms with Crippen LogP contribution in [-0.4, -0.2) is 47.0 Å². The molecule has 0 bridgehead atoms. The van der Waals surface area contributed by atoms with E-state index in [-0.39, 0.29) is 17.6 Å². The SMILES string of the molecule is CC(C)c1ncncc1C(=O)N1CCN(c2ccccc2F)CC1. The van der Waals surface area contributed by atoms with Crippen LogP contribution in [0.5, 0.6) is 0 Å². The third kappa shape index (κ3) is 3.22. The lowest BCUT2D eigenvalue weighted by Crippen LogP contribution is -2.49. The summed E-state index contributed by atoms with van der Waals surface area (Å²) < 4.78 is 13.9. The first-order valence-corrected chi connectivity index (χ1v) is 8.16. The van der Waals surface area contributed by atoms with Gasteiger partial charge in [-0.15, -0.1) is 0 Å². The van der Waals surface area contributed by atoms with Crippen molar-refractivity contribution in [2.24, 2.45) is 0 Å². The van der Waals surface area contributed by atoms with E-state index >= 15 is 0 Å². The zero-order valence-corrected chi connectivity index (χ0v) is 13.9. The first-order chi connectivity index (χ1) is 11.6. The van der Waals surface area contributed by atoms with E-state index in [9.17, 15) is 9.18 Å². The van der Waals surface area contributed by atoms with E-state index in [1.165, 1.54) is 12.4 Å². The van der Waals surface area contributed by atoms with Gasteiger partial charge in [0.1, 0.15) is 12.1 Å². The lowest BCUT2D eigenvalue weighted by atomic mass is 10.0. The number of rotatable bonds is 3. The topological polar surface area (TPSA) is 49.3 Å². The second-order valence-corrected chi connectivity index (χ2v) is 6.21. The Morgan fingerprint density at radius 2 is 1.88 bits per heavy atom. The Labute approximate surface area is 141 Å². The van der Waals surface area contributed by atoms with Crippen LogP contribution >= 0.6 is 0 Å². The third-order valence-electron chi connectivity index (χ3n) is 4.28. The molecule has 24 heavy (non-hydrogen) atoms. The molecule has 2 heterocycles. The molecule has 1 aromatic carbocycles. The number of carbonyl (C=O) groups is 1. The maximum atomic E-state index is 13.9. The molecule has 1 aliphatic heterocycles. The lowest BCUT2D eigenvalue weighted by molar-refractivity contribution is 0.0744. The molecule has 1 fully saturated rings. The number of carbonyl (C=O) groups excluding carboxylic acids is 1. The number of anilines is 1. The second-order valence-electron chi connectivity index (χ2n) is 6.21. The van der Waals surface area contributed by atoms with E-state index in [1.54, 1.807) is 23.2 Å². The molecule has 0 N–H and O–H groups in total. The highest BCUT2D eigenvalue weighted by Crippen LogP contribution is 2.22. The van der Waals surface area contributed by atoms with Crippen molar-refractivity contribution >= 4 is 11.6 Å². The Morgan fingerprint density at radius 1 is 1.17 bits per heavy atom. The average molecular weight is 328 g/mol. The first kappa shape index (κ1) is 16.4. The number of nitrogens with zero attached hydrogens (tertiary/aromatic N) is 4. The highest BCUT2D eigenvalue weighted by Gasteiger charge is 2.26. The summed E-state index contributed by atoms with van der Waals surface area (Å²) in [6, 6.07) is 6.74. The van der Waals surface area contributed by atoms with Gasteiger partial charge in [-0.1, -0.05) is 26.0 Å². The minimum absolute atomic E-state index is 0.0486. The van der Waals surface area contributed by atoms with Crippen molar-refractivity contribution in [1.29, 1.82) is 0 Å².